The smallest absolute Gasteiger partial charge is 0.257 e. The van der Waals surface area contributed by atoms with Gasteiger partial charge in [0, 0.05) is 30.0 Å². The Morgan fingerprint density at radius 1 is 1.42 bits per heavy atom. The van der Waals surface area contributed by atoms with Crippen molar-refractivity contribution < 1.29 is 9.90 Å². The molecule has 19 heavy (non-hydrogen) atoms. The standard InChI is InChI=1S/C15H22N2O2/c1-4-10(3)9-17(5-2)11-6-7-12-13(8-11)16-15(19)14(12)18/h6-8,10,14,18H,4-5,9H2,1-3H3,(H,16,19). The molecule has 2 rings (SSSR count). The highest BCUT2D eigenvalue weighted by molar-refractivity contribution is 6.02. The Hall–Kier alpha value is -1.55. The van der Waals surface area contributed by atoms with Gasteiger partial charge in [0.1, 0.15) is 0 Å². The van der Waals surface area contributed by atoms with E-state index in [1.807, 2.05) is 18.2 Å². The van der Waals surface area contributed by atoms with Gasteiger partial charge in [0.15, 0.2) is 6.10 Å². The van der Waals surface area contributed by atoms with Crippen molar-refractivity contribution in [2.45, 2.75) is 33.3 Å². The lowest BCUT2D eigenvalue weighted by Crippen LogP contribution is -2.28. The maximum atomic E-state index is 11.4. The van der Waals surface area contributed by atoms with Crippen LogP contribution in [0.5, 0.6) is 0 Å². The van der Waals surface area contributed by atoms with Crippen LogP contribution < -0.4 is 10.2 Å². The molecule has 1 aromatic rings. The minimum absolute atomic E-state index is 0.336. The van der Waals surface area contributed by atoms with Crippen molar-refractivity contribution >= 4 is 17.3 Å². The number of hydrogen-bond donors (Lipinski definition) is 2. The number of aliphatic hydroxyl groups is 1. The number of carbonyl (C=O) groups excluding carboxylic acids is 1. The molecule has 2 N–H and O–H groups in total. The van der Waals surface area contributed by atoms with Crippen molar-refractivity contribution in [3.8, 4) is 0 Å². The zero-order valence-corrected chi connectivity index (χ0v) is 11.8. The van der Waals surface area contributed by atoms with E-state index in [0.717, 1.165) is 30.9 Å². The molecule has 1 heterocycles. The van der Waals surface area contributed by atoms with E-state index in [4.69, 9.17) is 0 Å². The molecule has 0 saturated carbocycles. The molecule has 104 valence electrons. The lowest BCUT2D eigenvalue weighted by Gasteiger charge is -2.26. The van der Waals surface area contributed by atoms with Gasteiger partial charge in [0.2, 0.25) is 0 Å². The summed E-state index contributed by atoms with van der Waals surface area (Å²) in [7, 11) is 0. The summed E-state index contributed by atoms with van der Waals surface area (Å²) in [6.45, 7) is 8.49. The fraction of sp³-hybridized carbons (Fsp3) is 0.533. The number of benzene rings is 1. The molecule has 0 fully saturated rings. The third-order valence-electron chi connectivity index (χ3n) is 3.81. The van der Waals surface area contributed by atoms with E-state index >= 15 is 0 Å². The number of amides is 1. The molecule has 0 aliphatic carbocycles. The summed E-state index contributed by atoms with van der Waals surface area (Å²) < 4.78 is 0. The van der Waals surface area contributed by atoms with Crippen LogP contribution in [0.15, 0.2) is 18.2 Å². The second kappa shape index (κ2) is 5.61. The average Bonchev–Trinajstić information content (AvgIpc) is 2.70. The lowest BCUT2D eigenvalue weighted by molar-refractivity contribution is -0.123. The molecule has 0 spiro atoms. The summed E-state index contributed by atoms with van der Waals surface area (Å²) in [6.07, 6.45) is 0.130. The predicted octanol–water partition coefficient (Wildman–Crippen LogP) is 2.54. The van der Waals surface area contributed by atoms with E-state index in [1.54, 1.807) is 0 Å². The van der Waals surface area contributed by atoms with Crippen LogP contribution in [0.4, 0.5) is 11.4 Å². The monoisotopic (exact) mass is 262 g/mol. The molecular weight excluding hydrogens is 240 g/mol. The van der Waals surface area contributed by atoms with Gasteiger partial charge >= 0.3 is 0 Å². The topological polar surface area (TPSA) is 52.6 Å². The highest BCUT2D eigenvalue weighted by Gasteiger charge is 2.28. The quantitative estimate of drug-likeness (QED) is 0.857. The zero-order valence-electron chi connectivity index (χ0n) is 11.8. The number of anilines is 2. The molecule has 1 aliphatic heterocycles. The summed E-state index contributed by atoms with van der Waals surface area (Å²) in [5, 5.41) is 12.4. The van der Waals surface area contributed by atoms with Crippen LogP contribution in [-0.2, 0) is 4.79 Å². The summed E-state index contributed by atoms with van der Waals surface area (Å²) >= 11 is 0. The van der Waals surface area contributed by atoms with Crippen molar-refractivity contribution in [3.05, 3.63) is 23.8 Å². The van der Waals surface area contributed by atoms with Crippen LogP contribution in [0.2, 0.25) is 0 Å². The van der Waals surface area contributed by atoms with E-state index < -0.39 is 6.10 Å². The zero-order chi connectivity index (χ0) is 14.0. The minimum atomic E-state index is -1.02. The van der Waals surface area contributed by atoms with Crippen molar-refractivity contribution in [2.24, 2.45) is 5.92 Å². The first-order valence-corrected chi connectivity index (χ1v) is 6.94. The summed E-state index contributed by atoms with van der Waals surface area (Å²) in [6, 6.07) is 5.77. The van der Waals surface area contributed by atoms with E-state index in [1.165, 1.54) is 0 Å². The third kappa shape index (κ3) is 2.73. The Labute approximate surface area is 114 Å². The fourth-order valence-corrected chi connectivity index (χ4v) is 2.35. The summed E-state index contributed by atoms with van der Waals surface area (Å²) in [5.74, 6) is 0.297. The number of nitrogens with zero attached hydrogens (tertiary/aromatic N) is 1. The van der Waals surface area contributed by atoms with E-state index in [0.29, 0.717) is 11.5 Å². The molecule has 4 heteroatoms. The molecule has 0 saturated heterocycles. The van der Waals surface area contributed by atoms with Crippen LogP contribution in [0.25, 0.3) is 0 Å². The van der Waals surface area contributed by atoms with Gasteiger partial charge < -0.3 is 15.3 Å². The highest BCUT2D eigenvalue weighted by Crippen LogP contribution is 2.34. The van der Waals surface area contributed by atoms with Gasteiger partial charge in [-0.1, -0.05) is 26.3 Å². The van der Waals surface area contributed by atoms with Gasteiger partial charge in [-0.05, 0) is 25.0 Å². The maximum Gasteiger partial charge on any atom is 0.257 e. The normalized spacial score (nSPS) is 18.9. The van der Waals surface area contributed by atoms with E-state index in [9.17, 15) is 9.90 Å². The Bertz CT molecular complexity index is 473. The van der Waals surface area contributed by atoms with Gasteiger partial charge in [-0.15, -0.1) is 0 Å². The number of rotatable bonds is 5. The number of aliphatic hydroxyl groups excluding tert-OH is 1. The molecule has 0 aromatic heterocycles. The molecule has 1 aromatic carbocycles. The van der Waals surface area contributed by atoms with Crippen LogP contribution in [0.3, 0.4) is 0 Å². The minimum Gasteiger partial charge on any atom is -0.378 e. The van der Waals surface area contributed by atoms with Gasteiger partial charge in [0.25, 0.3) is 5.91 Å². The molecule has 1 amide bonds. The van der Waals surface area contributed by atoms with Crippen LogP contribution in [0, 0.1) is 5.92 Å². The largest absolute Gasteiger partial charge is 0.378 e. The Balaban J connectivity index is 2.22. The molecule has 4 nitrogen and oxygen atoms in total. The van der Waals surface area contributed by atoms with Crippen molar-refractivity contribution in [1.82, 2.24) is 0 Å². The van der Waals surface area contributed by atoms with Crippen molar-refractivity contribution in [3.63, 3.8) is 0 Å². The molecule has 2 unspecified atom stereocenters. The second-order valence-corrected chi connectivity index (χ2v) is 5.22. The van der Waals surface area contributed by atoms with Gasteiger partial charge in [-0.25, -0.2) is 0 Å². The van der Waals surface area contributed by atoms with Crippen LogP contribution >= 0.6 is 0 Å². The summed E-state index contributed by atoms with van der Waals surface area (Å²) in [4.78, 5) is 13.7. The Kier molecular flexibility index (Phi) is 4.10. The van der Waals surface area contributed by atoms with E-state index in [2.05, 4.69) is 31.0 Å². The molecule has 0 bridgehead atoms. The Morgan fingerprint density at radius 2 is 2.16 bits per heavy atom. The highest BCUT2D eigenvalue weighted by atomic mass is 16.3. The Morgan fingerprint density at radius 3 is 2.79 bits per heavy atom. The number of nitrogens with one attached hydrogen (secondary N) is 1. The SMILES string of the molecule is CCC(C)CN(CC)c1ccc2c(c1)NC(=O)C2O. The molecule has 1 aliphatic rings. The van der Waals surface area contributed by atoms with Crippen molar-refractivity contribution in [1.29, 1.82) is 0 Å². The lowest BCUT2D eigenvalue weighted by atomic mass is 10.1. The van der Waals surface area contributed by atoms with Gasteiger partial charge in [-0.2, -0.15) is 0 Å². The molecule has 0 radical (unpaired) electrons. The fourth-order valence-electron chi connectivity index (χ4n) is 2.35. The maximum absolute atomic E-state index is 11.4. The first kappa shape index (κ1) is 13.9. The number of fused-ring (bicyclic) bond motifs is 1. The van der Waals surface area contributed by atoms with Gasteiger partial charge in [-0.3, -0.25) is 4.79 Å². The first-order chi connectivity index (χ1) is 9.06. The predicted molar refractivity (Wildman–Crippen MR) is 77.4 cm³/mol. The summed E-state index contributed by atoms with van der Waals surface area (Å²) in [5.41, 5.74) is 2.50. The molecule has 2 atom stereocenters. The van der Waals surface area contributed by atoms with Gasteiger partial charge in [0.05, 0.1) is 0 Å². The van der Waals surface area contributed by atoms with Crippen molar-refractivity contribution in [2.75, 3.05) is 23.3 Å². The average molecular weight is 262 g/mol. The number of carbonyl (C=O) groups is 1. The second-order valence-electron chi connectivity index (χ2n) is 5.22. The molecular formula is C15H22N2O2. The van der Waals surface area contributed by atoms with E-state index in [-0.39, 0.29) is 5.91 Å². The van der Waals surface area contributed by atoms with Crippen LogP contribution in [-0.4, -0.2) is 24.1 Å². The van der Waals surface area contributed by atoms with Crippen LogP contribution in [0.1, 0.15) is 38.9 Å². The number of hydrogen-bond acceptors (Lipinski definition) is 3. The first-order valence-electron chi connectivity index (χ1n) is 6.94. The third-order valence-corrected chi connectivity index (χ3v) is 3.81.